The number of morpholine rings is 1. The van der Waals surface area contributed by atoms with Gasteiger partial charge >= 0.3 is 6.09 Å². The molecule has 0 bridgehead atoms. The molecule has 2 fully saturated rings. The zero-order chi connectivity index (χ0) is 21.4. The van der Waals surface area contributed by atoms with E-state index in [4.69, 9.17) is 10.00 Å². The first-order valence-electron chi connectivity index (χ1n) is 10.4. The third-order valence-corrected chi connectivity index (χ3v) is 6.30. The van der Waals surface area contributed by atoms with E-state index in [2.05, 4.69) is 24.2 Å². The van der Waals surface area contributed by atoms with Gasteiger partial charge in [-0.2, -0.15) is 5.26 Å². The Hall–Kier alpha value is -2.34. The van der Waals surface area contributed by atoms with Crippen molar-refractivity contribution in [2.24, 2.45) is 16.3 Å². The third-order valence-electron chi connectivity index (χ3n) is 6.30. The molecule has 2 aliphatic rings. The lowest BCUT2D eigenvalue weighted by molar-refractivity contribution is -0.128. The van der Waals surface area contributed by atoms with Crippen molar-refractivity contribution in [1.29, 1.82) is 5.26 Å². The van der Waals surface area contributed by atoms with E-state index < -0.39 is 18.0 Å². The average molecular weight is 408 g/mol. The van der Waals surface area contributed by atoms with Gasteiger partial charge in [0.2, 0.25) is 5.96 Å². The van der Waals surface area contributed by atoms with Crippen LogP contribution in [-0.4, -0.2) is 72.3 Å². The van der Waals surface area contributed by atoms with Crippen LogP contribution >= 0.6 is 0 Å². The summed E-state index contributed by atoms with van der Waals surface area (Å²) < 4.78 is 5.32. The number of likely N-dealkylation sites (N-methyl/N-ethyl adjacent to an activating group) is 1. The molecule has 29 heavy (non-hydrogen) atoms. The molecule has 2 rings (SSSR count). The second-order valence-electron chi connectivity index (χ2n) is 8.34. The number of carbonyl (C=O) groups is 2. The fourth-order valence-electron chi connectivity index (χ4n) is 3.97. The maximum absolute atomic E-state index is 12.8. The van der Waals surface area contributed by atoms with Gasteiger partial charge in [-0.05, 0) is 43.4 Å². The molecule has 1 aliphatic heterocycles. The molecule has 0 spiro atoms. The second-order valence-corrected chi connectivity index (χ2v) is 8.34. The molecule has 1 atom stereocenters. The lowest BCUT2D eigenvalue weighted by Gasteiger charge is -2.37. The van der Waals surface area contributed by atoms with Crippen molar-refractivity contribution in [2.75, 3.05) is 33.4 Å². The number of ether oxygens (including phenoxy) is 1. The molecule has 9 heteroatoms. The van der Waals surface area contributed by atoms with E-state index in [0.717, 1.165) is 37.0 Å². The molecule has 0 aromatic heterocycles. The molecule has 1 unspecified atom stereocenters. The number of hydrogen-bond acceptors (Lipinski definition) is 5. The summed E-state index contributed by atoms with van der Waals surface area (Å²) >= 11 is 0. The van der Waals surface area contributed by atoms with Crippen LogP contribution in [0.3, 0.4) is 0 Å². The van der Waals surface area contributed by atoms with E-state index in [-0.39, 0.29) is 5.96 Å². The van der Waals surface area contributed by atoms with Crippen molar-refractivity contribution in [3.63, 3.8) is 0 Å². The van der Waals surface area contributed by atoms with Crippen LogP contribution in [0, 0.1) is 22.8 Å². The first-order chi connectivity index (χ1) is 13.8. The molecule has 1 heterocycles. The van der Waals surface area contributed by atoms with Crippen LogP contribution in [0.2, 0.25) is 0 Å². The molecule has 0 aromatic carbocycles. The highest BCUT2D eigenvalue weighted by Crippen LogP contribution is 2.42. The lowest BCUT2D eigenvalue weighted by atomic mass is 9.69. The molecule has 1 saturated carbocycles. The number of rotatable bonds is 5. The summed E-state index contributed by atoms with van der Waals surface area (Å²) in [6, 6.07) is -0.791. The summed E-state index contributed by atoms with van der Waals surface area (Å²) in [6.45, 7) is 6.44. The molecular weight excluding hydrogens is 374 g/mol. The Kier molecular flexibility index (Phi) is 8.26. The van der Waals surface area contributed by atoms with Crippen LogP contribution in [0.4, 0.5) is 4.79 Å². The van der Waals surface area contributed by atoms with Gasteiger partial charge in [-0.25, -0.2) is 9.79 Å². The monoisotopic (exact) mass is 407 g/mol. The van der Waals surface area contributed by atoms with Gasteiger partial charge in [-0.3, -0.25) is 15.0 Å². The van der Waals surface area contributed by atoms with Crippen molar-refractivity contribution in [3.05, 3.63) is 0 Å². The normalized spacial score (nSPS) is 26.3. The minimum atomic E-state index is -1.23. The van der Waals surface area contributed by atoms with E-state index in [9.17, 15) is 14.7 Å². The van der Waals surface area contributed by atoms with Gasteiger partial charge in [0, 0.05) is 20.1 Å². The van der Waals surface area contributed by atoms with Crippen LogP contribution in [0.15, 0.2) is 4.99 Å². The topological polar surface area (TPSA) is 118 Å². The number of aliphatic imine (C=N–C) groups is 1. The number of carbonyl (C=O) groups excluding carboxylic acids is 1. The predicted molar refractivity (Wildman–Crippen MR) is 108 cm³/mol. The number of nitrogens with zero attached hydrogens (tertiary/aromatic N) is 4. The first kappa shape index (κ1) is 22.9. The van der Waals surface area contributed by atoms with E-state index in [1.165, 1.54) is 7.05 Å². The van der Waals surface area contributed by atoms with Crippen LogP contribution in [0.25, 0.3) is 0 Å². The minimum Gasteiger partial charge on any atom is -0.465 e. The van der Waals surface area contributed by atoms with Crippen LogP contribution in [-0.2, 0) is 9.53 Å². The summed E-state index contributed by atoms with van der Waals surface area (Å²) in [4.78, 5) is 31.4. The molecular formula is C20H33N5O4. The summed E-state index contributed by atoms with van der Waals surface area (Å²) in [7, 11) is 1.42. The predicted octanol–water partition coefficient (Wildman–Crippen LogP) is 2.25. The van der Waals surface area contributed by atoms with Crippen LogP contribution in [0.5, 0.6) is 0 Å². The molecule has 0 aromatic rings. The molecule has 1 saturated heterocycles. The average Bonchev–Trinajstić information content (AvgIpc) is 2.73. The fourth-order valence-corrected chi connectivity index (χ4v) is 3.97. The van der Waals surface area contributed by atoms with E-state index >= 15 is 0 Å². The summed E-state index contributed by atoms with van der Waals surface area (Å²) in [5, 5.41) is 20.7. The van der Waals surface area contributed by atoms with Crippen LogP contribution in [0.1, 0.15) is 52.4 Å². The minimum absolute atomic E-state index is 0.152. The van der Waals surface area contributed by atoms with Gasteiger partial charge < -0.3 is 14.7 Å². The Morgan fingerprint density at radius 3 is 2.52 bits per heavy atom. The van der Waals surface area contributed by atoms with Gasteiger partial charge in [0.1, 0.15) is 6.04 Å². The Morgan fingerprint density at radius 1 is 1.38 bits per heavy atom. The Labute approximate surface area is 172 Å². The number of nitrogens with one attached hydrogen (secondary N) is 1. The highest BCUT2D eigenvalue weighted by molar-refractivity contribution is 5.95. The highest BCUT2D eigenvalue weighted by atomic mass is 16.5. The standard InChI is InChI=1S/C20H33N5O4/c1-4-20(2)7-5-15(6-8-20)13-16(17(26)24(3)14-21)22-18(23-19(27)28)25-9-11-29-12-10-25/h15-16H,4-13H2,1-3H3,(H,22,23)(H,27,28). The Bertz CT molecular complexity index is 646. The molecule has 0 radical (unpaired) electrons. The Morgan fingerprint density at radius 2 is 2.00 bits per heavy atom. The smallest absolute Gasteiger partial charge is 0.411 e. The summed E-state index contributed by atoms with van der Waals surface area (Å²) in [6.07, 6.45) is 6.51. The number of hydrogen-bond donors (Lipinski definition) is 2. The van der Waals surface area contributed by atoms with E-state index in [1.807, 2.05) is 6.19 Å². The van der Waals surface area contributed by atoms with Crippen molar-refractivity contribution < 1.29 is 19.4 Å². The van der Waals surface area contributed by atoms with Gasteiger partial charge in [0.15, 0.2) is 6.19 Å². The van der Waals surface area contributed by atoms with E-state index in [0.29, 0.717) is 44.1 Å². The van der Waals surface area contributed by atoms with Crippen molar-refractivity contribution >= 4 is 18.0 Å². The SMILES string of the molecule is CCC1(C)CCC(CC(N=C(NC(=O)O)N2CCOCC2)C(=O)N(C)C#N)CC1. The zero-order valence-electron chi connectivity index (χ0n) is 17.7. The lowest BCUT2D eigenvalue weighted by Crippen LogP contribution is -2.50. The van der Waals surface area contributed by atoms with Gasteiger partial charge in [0.25, 0.3) is 5.91 Å². The maximum atomic E-state index is 12.8. The highest BCUT2D eigenvalue weighted by Gasteiger charge is 2.33. The quantitative estimate of drug-likeness (QED) is 0.312. The number of amides is 2. The first-order valence-corrected chi connectivity index (χ1v) is 10.4. The molecule has 1 aliphatic carbocycles. The van der Waals surface area contributed by atoms with Crippen LogP contribution < -0.4 is 5.32 Å². The van der Waals surface area contributed by atoms with E-state index in [1.54, 1.807) is 4.90 Å². The number of nitriles is 1. The second kappa shape index (κ2) is 10.4. The maximum Gasteiger partial charge on any atom is 0.411 e. The number of guanidine groups is 1. The number of carboxylic acid groups (broad SMARTS) is 1. The Balaban J connectivity index is 2.21. The van der Waals surface area contributed by atoms with Crippen molar-refractivity contribution in [2.45, 2.75) is 58.4 Å². The molecule has 9 nitrogen and oxygen atoms in total. The van der Waals surface area contributed by atoms with Gasteiger partial charge in [-0.15, -0.1) is 0 Å². The summed E-state index contributed by atoms with van der Waals surface area (Å²) in [5.41, 5.74) is 0.354. The third kappa shape index (κ3) is 6.60. The molecule has 162 valence electrons. The fraction of sp³-hybridized carbons (Fsp3) is 0.800. The van der Waals surface area contributed by atoms with Crippen molar-refractivity contribution in [1.82, 2.24) is 15.1 Å². The summed E-state index contributed by atoms with van der Waals surface area (Å²) in [5.74, 6) is 0.0733. The molecule has 2 N–H and O–H groups in total. The molecule has 2 amide bonds. The van der Waals surface area contributed by atoms with Gasteiger partial charge in [0.05, 0.1) is 13.2 Å². The van der Waals surface area contributed by atoms with Gasteiger partial charge in [-0.1, -0.05) is 20.3 Å². The zero-order valence-corrected chi connectivity index (χ0v) is 17.7. The van der Waals surface area contributed by atoms with Crippen molar-refractivity contribution in [3.8, 4) is 6.19 Å². The largest absolute Gasteiger partial charge is 0.465 e.